The maximum absolute atomic E-state index is 10.1. The van der Waals surface area contributed by atoms with E-state index < -0.39 is 0 Å². The summed E-state index contributed by atoms with van der Waals surface area (Å²) in [5.41, 5.74) is 4.22. The van der Waals surface area contributed by atoms with E-state index in [1.807, 2.05) is 18.3 Å². The first-order chi connectivity index (χ1) is 14.8. The minimum Gasteiger partial charge on any atom is -0.508 e. The van der Waals surface area contributed by atoms with Gasteiger partial charge in [0, 0.05) is 49.1 Å². The molecule has 1 saturated heterocycles. The maximum Gasteiger partial charge on any atom is 0.161 e. The summed E-state index contributed by atoms with van der Waals surface area (Å²) in [6.45, 7) is 13.9. The molecule has 166 valence electrons. The Bertz CT molecular complexity index is 974. The Kier molecular flexibility index (Phi) is 5.62. The highest BCUT2D eigenvalue weighted by Gasteiger charge is 2.52. The molecule has 0 bridgehead atoms. The topological polar surface area (TPSA) is 60.4 Å². The van der Waals surface area contributed by atoms with E-state index in [1.54, 1.807) is 14.2 Å². The van der Waals surface area contributed by atoms with Gasteiger partial charge >= 0.3 is 0 Å². The van der Waals surface area contributed by atoms with Crippen LogP contribution in [0.25, 0.3) is 5.70 Å². The van der Waals surface area contributed by atoms with Crippen molar-refractivity contribution >= 4 is 5.70 Å². The van der Waals surface area contributed by atoms with Crippen molar-refractivity contribution in [3.05, 3.63) is 65.6 Å². The third-order valence-corrected chi connectivity index (χ3v) is 6.30. The monoisotopic (exact) mass is 425 g/mol. The first-order valence-electron chi connectivity index (χ1n) is 10.6. The smallest absolute Gasteiger partial charge is 0.161 e. The van der Waals surface area contributed by atoms with E-state index in [0.29, 0.717) is 31.1 Å². The molecule has 0 radical (unpaired) electrons. The molecule has 0 aromatic heterocycles. The Hall–Kier alpha value is -2.70. The number of benzene rings is 1. The summed E-state index contributed by atoms with van der Waals surface area (Å²) in [6.07, 6.45) is 4.74. The lowest BCUT2D eigenvalue weighted by molar-refractivity contribution is 0.00925. The highest BCUT2D eigenvalue weighted by molar-refractivity contribution is 5.79. The van der Waals surface area contributed by atoms with Gasteiger partial charge in [-0.2, -0.15) is 0 Å². The molecule has 2 atom stereocenters. The van der Waals surface area contributed by atoms with Gasteiger partial charge in [0.25, 0.3) is 0 Å². The van der Waals surface area contributed by atoms with Crippen LogP contribution in [0.1, 0.15) is 37.3 Å². The predicted octanol–water partition coefficient (Wildman–Crippen LogP) is 4.55. The van der Waals surface area contributed by atoms with Crippen molar-refractivity contribution in [3.63, 3.8) is 0 Å². The molecule has 3 aliphatic rings. The Morgan fingerprint density at radius 3 is 2.71 bits per heavy atom. The fourth-order valence-electron chi connectivity index (χ4n) is 4.83. The SMILES string of the molecule is C=C(O)C1=CN2C(=CC1=C)c1cc(OC)c(OCCCOC)cc1C1COC(C)(C)C12. The lowest BCUT2D eigenvalue weighted by atomic mass is 9.76. The summed E-state index contributed by atoms with van der Waals surface area (Å²) in [7, 11) is 3.34. The fraction of sp³-hybridized carbons (Fsp3) is 0.440. The van der Waals surface area contributed by atoms with Crippen LogP contribution in [0, 0.1) is 0 Å². The Balaban J connectivity index is 1.82. The van der Waals surface area contributed by atoms with Gasteiger partial charge in [0.15, 0.2) is 11.5 Å². The number of hydrogen-bond acceptors (Lipinski definition) is 6. The van der Waals surface area contributed by atoms with Crippen molar-refractivity contribution in [2.75, 3.05) is 34.0 Å². The van der Waals surface area contributed by atoms with Crippen molar-refractivity contribution in [3.8, 4) is 11.5 Å². The second kappa shape index (κ2) is 8.09. The van der Waals surface area contributed by atoms with Crippen LogP contribution < -0.4 is 9.47 Å². The number of methoxy groups -OCH3 is 2. The Morgan fingerprint density at radius 1 is 1.26 bits per heavy atom. The molecule has 1 aromatic rings. The molecule has 1 aromatic carbocycles. The zero-order chi connectivity index (χ0) is 22.3. The van der Waals surface area contributed by atoms with Crippen molar-refractivity contribution in [1.82, 2.24) is 4.90 Å². The zero-order valence-corrected chi connectivity index (χ0v) is 18.7. The molecule has 6 nitrogen and oxygen atoms in total. The second-order valence-electron chi connectivity index (χ2n) is 8.70. The van der Waals surface area contributed by atoms with E-state index in [-0.39, 0.29) is 23.3 Å². The lowest BCUT2D eigenvalue weighted by Crippen LogP contribution is -2.49. The van der Waals surface area contributed by atoms with Crippen LogP contribution >= 0.6 is 0 Å². The van der Waals surface area contributed by atoms with Crippen LogP contribution in [0.5, 0.6) is 11.5 Å². The first kappa shape index (κ1) is 21.5. The zero-order valence-electron chi connectivity index (χ0n) is 18.7. The third kappa shape index (κ3) is 3.64. The predicted molar refractivity (Wildman–Crippen MR) is 120 cm³/mol. The minimum atomic E-state index is -0.377. The average molecular weight is 426 g/mol. The molecule has 31 heavy (non-hydrogen) atoms. The van der Waals surface area contributed by atoms with Gasteiger partial charge in [0.1, 0.15) is 5.76 Å². The Labute approximate surface area is 184 Å². The van der Waals surface area contributed by atoms with Gasteiger partial charge in [0.05, 0.1) is 32.0 Å². The summed E-state index contributed by atoms with van der Waals surface area (Å²) in [6, 6.07) is 4.18. The van der Waals surface area contributed by atoms with Gasteiger partial charge in [-0.3, -0.25) is 0 Å². The minimum absolute atomic E-state index is 0.0109. The van der Waals surface area contributed by atoms with E-state index in [4.69, 9.17) is 18.9 Å². The number of hydrogen-bond donors (Lipinski definition) is 1. The first-order valence-corrected chi connectivity index (χ1v) is 10.6. The fourth-order valence-corrected chi connectivity index (χ4v) is 4.83. The molecular formula is C25H31NO5. The van der Waals surface area contributed by atoms with Gasteiger partial charge < -0.3 is 29.0 Å². The largest absolute Gasteiger partial charge is 0.508 e. The molecule has 0 saturated carbocycles. The number of nitrogens with zero attached hydrogens (tertiary/aromatic N) is 1. The molecule has 1 N–H and O–H groups in total. The molecule has 3 aliphatic heterocycles. The van der Waals surface area contributed by atoms with E-state index in [1.165, 1.54) is 5.56 Å². The van der Waals surface area contributed by atoms with Crippen LogP contribution in [-0.2, 0) is 9.47 Å². The summed E-state index contributed by atoms with van der Waals surface area (Å²) < 4.78 is 23.1. The van der Waals surface area contributed by atoms with Crippen molar-refractivity contribution < 1.29 is 24.1 Å². The maximum atomic E-state index is 10.1. The molecule has 0 amide bonds. The number of allylic oxidation sites excluding steroid dienone is 2. The normalized spacial score (nSPS) is 23.4. The van der Waals surface area contributed by atoms with Crippen LogP contribution in [0.15, 0.2) is 54.5 Å². The second-order valence-corrected chi connectivity index (χ2v) is 8.70. The van der Waals surface area contributed by atoms with Crippen molar-refractivity contribution in [2.24, 2.45) is 0 Å². The molecule has 1 fully saturated rings. The van der Waals surface area contributed by atoms with Gasteiger partial charge in [-0.15, -0.1) is 0 Å². The number of ether oxygens (including phenoxy) is 4. The summed E-state index contributed by atoms with van der Waals surface area (Å²) in [5.74, 6) is 1.56. The van der Waals surface area contributed by atoms with Crippen LogP contribution in [0.4, 0.5) is 0 Å². The number of aliphatic hydroxyl groups is 1. The number of aliphatic hydroxyl groups excluding tert-OH is 1. The van der Waals surface area contributed by atoms with Crippen molar-refractivity contribution in [2.45, 2.75) is 37.8 Å². The van der Waals surface area contributed by atoms with Crippen LogP contribution in [-0.4, -0.2) is 55.7 Å². The molecule has 3 heterocycles. The Morgan fingerprint density at radius 2 is 2.03 bits per heavy atom. The quantitative estimate of drug-likeness (QED) is 0.511. The average Bonchev–Trinajstić information content (AvgIpc) is 3.05. The summed E-state index contributed by atoms with van der Waals surface area (Å²) in [5, 5.41) is 10.1. The van der Waals surface area contributed by atoms with Crippen LogP contribution in [0.3, 0.4) is 0 Å². The third-order valence-electron chi connectivity index (χ3n) is 6.30. The highest BCUT2D eigenvalue weighted by Crippen LogP contribution is 2.52. The number of rotatable bonds is 7. The van der Waals surface area contributed by atoms with E-state index in [9.17, 15) is 5.11 Å². The molecule has 0 spiro atoms. The van der Waals surface area contributed by atoms with E-state index in [0.717, 1.165) is 29.0 Å². The standard InChI is InChI=1S/C25H31NO5/c1-15-10-21-18-12-22(29-6)23(30-9-7-8-28-5)11-17(18)20-14-31-25(3,4)24(20)26(21)13-19(15)16(2)27/h10-13,20,24,27H,1-2,7-9,14H2,3-6H3. The summed E-state index contributed by atoms with van der Waals surface area (Å²) in [4.78, 5) is 2.20. The van der Waals surface area contributed by atoms with Gasteiger partial charge in [-0.05, 0) is 43.2 Å². The highest BCUT2D eigenvalue weighted by atomic mass is 16.5. The van der Waals surface area contributed by atoms with Gasteiger partial charge in [-0.25, -0.2) is 0 Å². The molecular weight excluding hydrogens is 394 g/mol. The molecule has 6 heteroatoms. The molecule has 2 unspecified atom stereocenters. The van der Waals surface area contributed by atoms with E-state index in [2.05, 4.69) is 38.0 Å². The van der Waals surface area contributed by atoms with Gasteiger partial charge in [-0.1, -0.05) is 13.2 Å². The van der Waals surface area contributed by atoms with Gasteiger partial charge in [0.2, 0.25) is 0 Å². The van der Waals surface area contributed by atoms with Crippen molar-refractivity contribution in [1.29, 1.82) is 0 Å². The van der Waals surface area contributed by atoms with Crippen LogP contribution in [0.2, 0.25) is 0 Å². The van der Waals surface area contributed by atoms with E-state index >= 15 is 0 Å². The number of fused-ring (bicyclic) bond motifs is 6. The summed E-state index contributed by atoms with van der Waals surface area (Å²) >= 11 is 0. The molecule has 4 rings (SSSR count). The molecule has 0 aliphatic carbocycles. The lowest BCUT2D eigenvalue weighted by Gasteiger charge is -2.46.